The molecule has 0 saturated heterocycles. The molecule has 0 aliphatic heterocycles. The van der Waals surface area contributed by atoms with Crippen molar-refractivity contribution in [3.05, 3.63) is 53.0 Å². The Morgan fingerprint density at radius 1 is 1.19 bits per heavy atom. The van der Waals surface area contributed by atoms with Crippen LogP contribution < -0.4 is 10.1 Å². The lowest BCUT2D eigenvalue weighted by Crippen LogP contribution is -2.27. The Hall–Kier alpha value is -3.13. The van der Waals surface area contributed by atoms with Crippen LogP contribution in [-0.4, -0.2) is 33.2 Å². The average molecular weight is 371 g/mol. The van der Waals surface area contributed by atoms with Crippen LogP contribution in [-0.2, 0) is 0 Å². The first-order chi connectivity index (χ1) is 12.5. The van der Waals surface area contributed by atoms with E-state index in [0.29, 0.717) is 10.6 Å². The predicted octanol–water partition coefficient (Wildman–Crippen LogP) is 3.12. The molecular formula is C18H17N3O4S. The molecule has 3 aromatic rings. The van der Waals surface area contributed by atoms with Crippen LogP contribution in [0.5, 0.6) is 17.4 Å². The molecule has 0 fully saturated rings. The lowest BCUT2D eigenvalue weighted by atomic mass is 10.1. The van der Waals surface area contributed by atoms with E-state index in [-0.39, 0.29) is 17.6 Å². The number of methoxy groups -OCH3 is 1. The fourth-order valence-electron chi connectivity index (χ4n) is 2.36. The second kappa shape index (κ2) is 7.40. The normalized spacial score (nSPS) is 11.8. The quantitative estimate of drug-likeness (QED) is 0.636. The van der Waals surface area contributed by atoms with Gasteiger partial charge in [0.2, 0.25) is 5.75 Å². The number of nitrogens with zero attached hydrogens (tertiary/aromatic N) is 2. The summed E-state index contributed by atoms with van der Waals surface area (Å²) < 4.78 is 5.11. The molecule has 0 unspecified atom stereocenters. The molecule has 1 amide bonds. The molecule has 1 aromatic carbocycles. The molecule has 3 rings (SSSR count). The fraction of sp³-hybridized carbons (Fsp3) is 0.167. The van der Waals surface area contributed by atoms with Crippen LogP contribution in [0.4, 0.5) is 0 Å². The zero-order valence-electron chi connectivity index (χ0n) is 14.1. The number of hydrogen-bond donors (Lipinski definition) is 3. The second-order valence-corrected chi connectivity index (χ2v) is 6.46. The number of carbonyl (C=O) groups is 1. The van der Waals surface area contributed by atoms with Crippen LogP contribution >= 0.6 is 11.3 Å². The Morgan fingerprint density at radius 3 is 2.54 bits per heavy atom. The fourth-order valence-corrected chi connectivity index (χ4v) is 3.02. The first-order valence-corrected chi connectivity index (χ1v) is 8.66. The summed E-state index contributed by atoms with van der Waals surface area (Å²) in [5, 5.41) is 24.4. The predicted molar refractivity (Wildman–Crippen MR) is 97.5 cm³/mol. The Labute approximate surface area is 153 Å². The maximum absolute atomic E-state index is 12.6. The van der Waals surface area contributed by atoms with E-state index >= 15 is 0 Å². The molecule has 26 heavy (non-hydrogen) atoms. The zero-order valence-corrected chi connectivity index (χ0v) is 14.9. The lowest BCUT2D eigenvalue weighted by molar-refractivity contribution is 0.0930. The van der Waals surface area contributed by atoms with Gasteiger partial charge < -0.3 is 20.3 Å². The van der Waals surface area contributed by atoms with E-state index in [1.165, 1.54) is 11.3 Å². The minimum atomic E-state index is -0.648. The number of aromatic hydroxyl groups is 2. The highest BCUT2D eigenvalue weighted by molar-refractivity contribution is 7.13. The molecule has 8 heteroatoms. The molecule has 2 heterocycles. The Balaban J connectivity index is 1.84. The Morgan fingerprint density at radius 2 is 1.92 bits per heavy atom. The summed E-state index contributed by atoms with van der Waals surface area (Å²) >= 11 is 1.36. The van der Waals surface area contributed by atoms with Crippen molar-refractivity contribution in [2.24, 2.45) is 0 Å². The maximum atomic E-state index is 12.6. The smallest absolute Gasteiger partial charge is 0.274 e. The van der Waals surface area contributed by atoms with Crippen molar-refractivity contribution in [3.63, 3.8) is 0 Å². The first kappa shape index (κ1) is 17.7. The largest absolute Gasteiger partial charge is 0.501 e. The molecule has 134 valence electrons. The second-order valence-electron chi connectivity index (χ2n) is 5.51. The summed E-state index contributed by atoms with van der Waals surface area (Å²) in [5.41, 5.74) is 0.580. The van der Waals surface area contributed by atoms with Crippen LogP contribution in [0.2, 0.25) is 0 Å². The van der Waals surface area contributed by atoms with Crippen molar-refractivity contribution in [2.75, 3.05) is 7.11 Å². The number of ether oxygens (including phenoxy) is 1. The van der Waals surface area contributed by atoms with Crippen molar-refractivity contribution in [1.82, 2.24) is 15.3 Å². The summed E-state index contributed by atoms with van der Waals surface area (Å²) in [4.78, 5) is 21.2. The van der Waals surface area contributed by atoms with Gasteiger partial charge in [-0.3, -0.25) is 4.79 Å². The van der Waals surface area contributed by atoms with E-state index in [1.807, 2.05) is 17.5 Å². The van der Waals surface area contributed by atoms with Crippen LogP contribution in [0.25, 0.3) is 10.7 Å². The Kier molecular flexibility index (Phi) is 5.04. The van der Waals surface area contributed by atoms with Gasteiger partial charge in [0.1, 0.15) is 5.75 Å². The van der Waals surface area contributed by atoms with Crippen molar-refractivity contribution < 1.29 is 19.7 Å². The van der Waals surface area contributed by atoms with Crippen LogP contribution in [0.15, 0.2) is 41.8 Å². The highest BCUT2D eigenvalue weighted by atomic mass is 32.1. The third-order valence-corrected chi connectivity index (χ3v) is 4.65. The number of aromatic nitrogens is 2. The maximum Gasteiger partial charge on any atom is 0.274 e. The van der Waals surface area contributed by atoms with E-state index < -0.39 is 17.5 Å². The van der Waals surface area contributed by atoms with Gasteiger partial charge >= 0.3 is 0 Å². The third-order valence-electron chi connectivity index (χ3n) is 3.79. The molecule has 1 atom stereocenters. The number of rotatable bonds is 5. The Bertz CT molecular complexity index is 911. The molecule has 0 radical (unpaired) electrons. The number of benzene rings is 1. The third kappa shape index (κ3) is 3.60. The molecule has 0 spiro atoms. The summed E-state index contributed by atoms with van der Waals surface area (Å²) in [6.07, 6.45) is 0. The van der Waals surface area contributed by atoms with E-state index in [0.717, 1.165) is 5.56 Å². The summed E-state index contributed by atoms with van der Waals surface area (Å²) in [7, 11) is 1.58. The van der Waals surface area contributed by atoms with Gasteiger partial charge in [-0.15, -0.1) is 11.3 Å². The van der Waals surface area contributed by atoms with Crippen LogP contribution in [0, 0.1) is 0 Å². The molecule has 2 aromatic heterocycles. The minimum absolute atomic E-state index is 0.178. The van der Waals surface area contributed by atoms with Crippen LogP contribution in [0.3, 0.4) is 0 Å². The van der Waals surface area contributed by atoms with Gasteiger partial charge in [-0.2, -0.15) is 4.98 Å². The van der Waals surface area contributed by atoms with Crippen molar-refractivity contribution in [1.29, 1.82) is 0 Å². The number of thiophene rings is 1. The van der Waals surface area contributed by atoms with Gasteiger partial charge in [-0.1, -0.05) is 18.2 Å². The highest BCUT2D eigenvalue weighted by Crippen LogP contribution is 2.30. The lowest BCUT2D eigenvalue weighted by Gasteiger charge is -2.15. The number of hydrogen-bond acceptors (Lipinski definition) is 7. The van der Waals surface area contributed by atoms with E-state index in [2.05, 4.69) is 15.3 Å². The van der Waals surface area contributed by atoms with Crippen molar-refractivity contribution >= 4 is 17.2 Å². The molecule has 0 saturated carbocycles. The van der Waals surface area contributed by atoms with Gasteiger partial charge in [0, 0.05) is 0 Å². The summed E-state index contributed by atoms with van der Waals surface area (Å²) in [5.74, 6) is -1.000. The summed E-state index contributed by atoms with van der Waals surface area (Å²) in [6, 6.07) is 10.5. The van der Waals surface area contributed by atoms with Gasteiger partial charge in [-0.25, -0.2) is 4.98 Å². The topological polar surface area (TPSA) is 105 Å². The number of amides is 1. The highest BCUT2D eigenvalue weighted by Gasteiger charge is 2.22. The molecular weight excluding hydrogens is 354 g/mol. The zero-order chi connectivity index (χ0) is 18.7. The average Bonchev–Trinajstić information content (AvgIpc) is 3.18. The van der Waals surface area contributed by atoms with E-state index in [1.54, 1.807) is 38.3 Å². The standard InChI is InChI=1S/C18H17N3O4S/c1-10(11-5-7-12(25-2)8-6-11)19-17(23)14-15(22)18(24)21-16(20-14)13-4-3-9-26-13/h3-10,22H,1-2H3,(H,19,23)(H,20,21,24)/t10-/m1/s1. The monoisotopic (exact) mass is 371 g/mol. The first-order valence-electron chi connectivity index (χ1n) is 7.78. The van der Waals surface area contributed by atoms with Gasteiger partial charge in [-0.05, 0) is 36.1 Å². The molecule has 7 nitrogen and oxygen atoms in total. The van der Waals surface area contributed by atoms with Gasteiger partial charge in [0.15, 0.2) is 11.5 Å². The van der Waals surface area contributed by atoms with Gasteiger partial charge in [0.05, 0.1) is 18.0 Å². The van der Waals surface area contributed by atoms with Crippen molar-refractivity contribution in [2.45, 2.75) is 13.0 Å². The summed E-state index contributed by atoms with van der Waals surface area (Å²) in [6.45, 7) is 1.80. The van der Waals surface area contributed by atoms with E-state index in [4.69, 9.17) is 4.74 Å². The molecule has 0 aliphatic rings. The number of nitrogens with one attached hydrogen (secondary N) is 1. The molecule has 0 aliphatic carbocycles. The van der Waals surface area contributed by atoms with Gasteiger partial charge in [0.25, 0.3) is 11.8 Å². The number of carbonyl (C=O) groups excluding carboxylic acids is 1. The molecule has 3 N–H and O–H groups in total. The molecule has 0 bridgehead atoms. The minimum Gasteiger partial charge on any atom is -0.501 e. The van der Waals surface area contributed by atoms with Crippen molar-refractivity contribution in [3.8, 4) is 28.1 Å². The van der Waals surface area contributed by atoms with Crippen LogP contribution in [0.1, 0.15) is 29.0 Å². The SMILES string of the molecule is COc1ccc([C@@H](C)NC(=O)c2nc(-c3cccs3)nc(O)c2O)cc1. The van der Waals surface area contributed by atoms with E-state index in [9.17, 15) is 15.0 Å².